The lowest BCUT2D eigenvalue weighted by Gasteiger charge is -2.45. The van der Waals surface area contributed by atoms with E-state index in [1.807, 2.05) is 15.9 Å². The highest BCUT2D eigenvalue weighted by molar-refractivity contribution is 6.30. The summed E-state index contributed by atoms with van der Waals surface area (Å²) in [4.78, 5) is 38.6. The van der Waals surface area contributed by atoms with Gasteiger partial charge in [0.2, 0.25) is 5.91 Å². The van der Waals surface area contributed by atoms with Gasteiger partial charge in [0.25, 0.3) is 5.91 Å². The number of amides is 2. The van der Waals surface area contributed by atoms with E-state index in [0.29, 0.717) is 72.8 Å². The maximum Gasteiger partial charge on any atom is 0.256 e. The molecule has 7 rings (SSSR count). The molecule has 0 spiro atoms. The molecule has 2 amide bonds. The minimum atomic E-state index is -1.02. The second kappa shape index (κ2) is 13.7. The van der Waals surface area contributed by atoms with Crippen molar-refractivity contribution in [2.75, 3.05) is 83.6 Å². The molecule has 4 saturated heterocycles. The summed E-state index contributed by atoms with van der Waals surface area (Å²) in [6.45, 7) is 8.00. The zero-order valence-corrected chi connectivity index (χ0v) is 27.0. The average molecular weight is 655 g/mol. The van der Waals surface area contributed by atoms with Gasteiger partial charge < -0.3 is 29.9 Å². The second-order valence-electron chi connectivity index (χ2n) is 13.1. The van der Waals surface area contributed by atoms with Crippen LogP contribution in [0.2, 0.25) is 5.02 Å². The van der Waals surface area contributed by atoms with E-state index >= 15 is 0 Å². The molecule has 0 aromatic heterocycles. The van der Waals surface area contributed by atoms with Crippen molar-refractivity contribution in [1.29, 1.82) is 0 Å². The first-order chi connectivity index (χ1) is 22.4. The number of rotatable bonds is 6. The number of ether oxygens (including phenoxy) is 1. The van der Waals surface area contributed by atoms with Gasteiger partial charge in [0.15, 0.2) is 0 Å². The SMILES string of the molecule is O=C(C1CCCN1C1CCNCC1)N1CCN2C(=O)c3cc(-c4ccc(Cl)cc4F)ccc3N(CCN3CCOCC3)C(O)C2C1. The lowest BCUT2D eigenvalue weighted by Crippen LogP contribution is -2.64. The molecule has 3 unspecified atom stereocenters. The number of carbonyl (C=O) groups excluding carboxylic acids is 2. The number of halogens is 2. The zero-order chi connectivity index (χ0) is 31.8. The molecule has 0 aliphatic carbocycles. The van der Waals surface area contributed by atoms with E-state index in [1.54, 1.807) is 29.2 Å². The van der Waals surface area contributed by atoms with Crippen LogP contribution in [-0.4, -0.2) is 140 Å². The maximum atomic E-state index is 15.0. The van der Waals surface area contributed by atoms with E-state index in [-0.39, 0.29) is 24.4 Å². The number of nitrogens with zero attached hydrogens (tertiary/aromatic N) is 5. The molecule has 0 saturated carbocycles. The summed E-state index contributed by atoms with van der Waals surface area (Å²) in [5.74, 6) is -0.570. The molecule has 0 radical (unpaired) electrons. The summed E-state index contributed by atoms with van der Waals surface area (Å²) in [7, 11) is 0. The monoisotopic (exact) mass is 654 g/mol. The lowest BCUT2D eigenvalue weighted by molar-refractivity contribution is -0.140. The Morgan fingerprint density at radius 3 is 2.57 bits per heavy atom. The number of hydrogen-bond donors (Lipinski definition) is 2. The number of carbonyl (C=O) groups is 2. The normalized spacial score (nSPS) is 26.6. The Kier molecular flexibility index (Phi) is 9.49. The topological polar surface area (TPSA) is 91.8 Å². The first kappa shape index (κ1) is 31.8. The minimum absolute atomic E-state index is 0.109. The molecule has 2 aromatic carbocycles. The van der Waals surface area contributed by atoms with Gasteiger partial charge in [-0.05, 0) is 81.2 Å². The fraction of sp³-hybridized carbons (Fsp3) is 0.588. The summed E-state index contributed by atoms with van der Waals surface area (Å²) in [5, 5.41) is 15.8. The Morgan fingerprint density at radius 1 is 0.978 bits per heavy atom. The highest BCUT2D eigenvalue weighted by atomic mass is 35.5. The first-order valence-corrected chi connectivity index (χ1v) is 17.2. The predicted octanol–water partition coefficient (Wildman–Crippen LogP) is 2.49. The van der Waals surface area contributed by atoms with E-state index < -0.39 is 18.1 Å². The second-order valence-corrected chi connectivity index (χ2v) is 13.6. The average Bonchev–Trinajstić information content (AvgIpc) is 3.56. The first-order valence-electron chi connectivity index (χ1n) is 16.8. The van der Waals surface area contributed by atoms with Crippen LogP contribution < -0.4 is 10.2 Å². The van der Waals surface area contributed by atoms with E-state index in [0.717, 1.165) is 58.4 Å². The summed E-state index contributed by atoms with van der Waals surface area (Å²) in [6, 6.07) is 9.52. The summed E-state index contributed by atoms with van der Waals surface area (Å²) < 4.78 is 20.5. The van der Waals surface area contributed by atoms with Gasteiger partial charge >= 0.3 is 0 Å². The Hall–Kier alpha value is -2.80. The molecular formula is C34H44ClFN6O4. The van der Waals surface area contributed by atoms with Crippen LogP contribution in [0.4, 0.5) is 10.1 Å². The van der Waals surface area contributed by atoms with Crippen LogP contribution in [0.25, 0.3) is 11.1 Å². The van der Waals surface area contributed by atoms with Crippen LogP contribution in [0.5, 0.6) is 0 Å². The summed E-state index contributed by atoms with van der Waals surface area (Å²) in [5.41, 5.74) is 1.95. The molecule has 46 heavy (non-hydrogen) atoms. The van der Waals surface area contributed by atoms with E-state index in [1.165, 1.54) is 6.07 Å². The molecule has 3 atom stereocenters. The molecule has 2 N–H and O–H groups in total. The fourth-order valence-electron chi connectivity index (χ4n) is 8.04. The number of fused-ring (bicyclic) bond motifs is 2. The highest BCUT2D eigenvalue weighted by Gasteiger charge is 2.46. The van der Waals surface area contributed by atoms with Crippen molar-refractivity contribution < 1.29 is 23.8 Å². The van der Waals surface area contributed by atoms with Crippen LogP contribution in [0.15, 0.2) is 36.4 Å². The zero-order valence-electron chi connectivity index (χ0n) is 26.3. The summed E-state index contributed by atoms with van der Waals surface area (Å²) in [6.07, 6.45) is 2.92. The molecule has 5 heterocycles. The number of nitrogens with one attached hydrogen (secondary N) is 1. The Morgan fingerprint density at radius 2 is 1.78 bits per heavy atom. The van der Waals surface area contributed by atoms with Gasteiger partial charge in [0, 0.05) is 62.4 Å². The van der Waals surface area contributed by atoms with Crippen molar-refractivity contribution >= 4 is 29.1 Å². The van der Waals surface area contributed by atoms with Crippen molar-refractivity contribution in [3.63, 3.8) is 0 Å². The van der Waals surface area contributed by atoms with E-state index in [2.05, 4.69) is 15.1 Å². The quantitative estimate of drug-likeness (QED) is 0.491. The molecule has 0 bridgehead atoms. The largest absolute Gasteiger partial charge is 0.379 e. The van der Waals surface area contributed by atoms with Gasteiger partial charge in [-0.15, -0.1) is 0 Å². The van der Waals surface area contributed by atoms with Crippen LogP contribution in [0.1, 0.15) is 36.0 Å². The number of anilines is 1. The molecule has 5 aliphatic rings. The Bertz CT molecular complexity index is 1440. The smallest absolute Gasteiger partial charge is 0.256 e. The van der Waals surface area contributed by atoms with Crippen LogP contribution in [-0.2, 0) is 9.53 Å². The Balaban J connectivity index is 1.17. The van der Waals surface area contributed by atoms with Crippen molar-refractivity contribution in [3.8, 4) is 11.1 Å². The van der Waals surface area contributed by atoms with Gasteiger partial charge in [-0.1, -0.05) is 17.7 Å². The third kappa shape index (κ3) is 6.25. The molecule has 12 heteroatoms. The van der Waals surface area contributed by atoms with E-state index in [4.69, 9.17) is 16.3 Å². The highest BCUT2D eigenvalue weighted by Crippen LogP contribution is 2.36. The molecular weight excluding hydrogens is 611 g/mol. The number of aliphatic hydroxyl groups excluding tert-OH is 1. The minimum Gasteiger partial charge on any atom is -0.379 e. The number of benzene rings is 2. The standard InChI is InChI=1S/C34H44ClFN6O4/c35-24-4-5-26(28(36)21-24)23-3-6-29-27(20-23)32(43)42-15-13-39(33(44)30-2-1-11-40(30)25-7-9-37-10-8-25)22-31(42)34(45)41(29)14-12-38-16-18-46-19-17-38/h3-6,20-21,25,30-31,34,37,45H,1-2,7-19,22H2. The van der Waals surface area contributed by atoms with Crippen molar-refractivity contribution in [3.05, 3.63) is 52.8 Å². The van der Waals surface area contributed by atoms with Gasteiger partial charge in [-0.2, -0.15) is 0 Å². The van der Waals surface area contributed by atoms with E-state index in [9.17, 15) is 19.1 Å². The van der Waals surface area contributed by atoms with Crippen molar-refractivity contribution in [2.24, 2.45) is 0 Å². The molecule has 2 aromatic rings. The molecule has 248 valence electrons. The molecule has 10 nitrogen and oxygen atoms in total. The number of piperazine rings is 1. The van der Waals surface area contributed by atoms with Gasteiger partial charge in [0.05, 0.1) is 36.5 Å². The maximum absolute atomic E-state index is 15.0. The Labute approximate surface area is 275 Å². The number of piperidine rings is 1. The molecule has 4 fully saturated rings. The lowest BCUT2D eigenvalue weighted by atomic mass is 10.00. The van der Waals surface area contributed by atoms with Gasteiger partial charge in [-0.3, -0.25) is 19.4 Å². The predicted molar refractivity (Wildman–Crippen MR) is 174 cm³/mol. The van der Waals surface area contributed by atoms with Gasteiger partial charge in [-0.25, -0.2) is 4.39 Å². The fourth-order valence-corrected chi connectivity index (χ4v) is 8.20. The number of likely N-dealkylation sites (tertiary alicyclic amines) is 1. The summed E-state index contributed by atoms with van der Waals surface area (Å²) >= 11 is 6.02. The number of morpholine rings is 1. The van der Waals surface area contributed by atoms with Crippen LogP contribution in [0, 0.1) is 5.82 Å². The van der Waals surface area contributed by atoms with Crippen molar-refractivity contribution in [2.45, 2.75) is 50.0 Å². The third-order valence-corrected chi connectivity index (χ3v) is 10.8. The molecule has 5 aliphatic heterocycles. The number of aliphatic hydroxyl groups is 1. The van der Waals surface area contributed by atoms with Gasteiger partial charge in [0.1, 0.15) is 12.0 Å². The van der Waals surface area contributed by atoms with Crippen molar-refractivity contribution in [1.82, 2.24) is 24.9 Å². The number of hydrogen-bond acceptors (Lipinski definition) is 8. The third-order valence-electron chi connectivity index (χ3n) is 10.6. The van der Waals surface area contributed by atoms with Crippen LogP contribution >= 0.6 is 11.6 Å². The van der Waals surface area contributed by atoms with Crippen LogP contribution in [0.3, 0.4) is 0 Å².